The van der Waals surface area contributed by atoms with Gasteiger partial charge >= 0.3 is 0 Å². The van der Waals surface area contributed by atoms with Crippen LogP contribution in [0.3, 0.4) is 0 Å². The van der Waals surface area contributed by atoms with Gasteiger partial charge in [0.15, 0.2) is 0 Å². The molecule has 2 aromatic rings. The highest BCUT2D eigenvalue weighted by Crippen LogP contribution is 2.57. The van der Waals surface area contributed by atoms with Crippen LogP contribution in [-0.4, -0.2) is 23.0 Å². The molecule has 4 rings (SSSR count). The van der Waals surface area contributed by atoms with Crippen molar-refractivity contribution in [3.05, 3.63) is 59.9 Å². The number of rotatable bonds is 2. The van der Waals surface area contributed by atoms with Crippen LogP contribution in [0.5, 0.6) is 0 Å². The molecule has 7 heteroatoms. The van der Waals surface area contributed by atoms with Crippen molar-refractivity contribution in [3.63, 3.8) is 0 Å². The number of benzene rings is 2. The lowest BCUT2D eigenvalue weighted by Gasteiger charge is -2.32. The van der Waals surface area contributed by atoms with Crippen LogP contribution < -0.4 is 9.80 Å². The number of hydrogen-bond donors (Lipinski definition) is 0. The first-order valence-corrected chi connectivity index (χ1v) is 9.54. The van der Waals surface area contributed by atoms with E-state index in [1.165, 1.54) is 45.8 Å². The molecule has 5 nitrogen and oxygen atoms in total. The SMILES string of the molecule is CCC(=O)N1C(=O)[C@@]2(S[C@@H](C)C(=O)N2c2ccc(F)cc2)c2ccccc21. The van der Waals surface area contributed by atoms with E-state index in [1.807, 2.05) is 0 Å². The first-order valence-electron chi connectivity index (χ1n) is 8.66. The van der Waals surface area contributed by atoms with Crippen LogP contribution in [0.2, 0.25) is 0 Å². The van der Waals surface area contributed by atoms with Crippen LogP contribution in [0.1, 0.15) is 25.8 Å². The molecule has 0 aromatic heterocycles. The van der Waals surface area contributed by atoms with Gasteiger partial charge in [0, 0.05) is 17.7 Å². The van der Waals surface area contributed by atoms with Crippen molar-refractivity contribution in [2.45, 2.75) is 30.4 Å². The summed E-state index contributed by atoms with van der Waals surface area (Å²) >= 11 is 1.21. The first-order chi connectivity index (χ1) is 12.9. The van der Waals surface area contributed by atoms with Gasteiger partial charge in [-0.1, -0.05) is 25.1 Å². The van der Waals surface area contributed by atoms with Gasteiger partial charge < -0.3 is 0 Å². The number of thioether (sulfide) groups is 1. The van der Waals surface area contributed by atoms with E-state index in [2.05, 4.69) is 0 Å². The Kier molecular flexibility index (Phi) is 4.07. The summed E-state index contributed by atoms with van der Waals surface area (Å²) in [5.74, 6) is -1.46. The van der Waals surface area contributed by atoms with Gasteiger partial charge in [-0.3, -0.25) is 19.3 Å². The van der Waals surface area contributed by atoms with Gasteiger partial charge in [-0.05, 0) is 37.3 Å². The van der Waals surface area contributed by atoms with Crippen LogP contribution in [0.25, 0.3) is 0 Å². The Labute approximate surface area is 160 Å². The number of hydrogen-bond acceptors (Lipinski definition) is 4. The number of anilines is 2. The number of para-hydroxylation sites is 1. The van der Waals surface area contributed by atoms with Crippen molar-refractivity contribution < 1.29 is 18.8 Å². The van der Waals surface area contributed by atoms with E-state index < -0.39 is 21.8 Å². The van der Waals surface area contributed by atoms with Gasteiger partial charge in [-0.25, -0.2) is 9.29 Å². The fourth-order valence-corrected chi connectivity index (χ4v) is 5.17. The zero-order valence-corrected chi connectivity index (χ0v) is 15.6. The molecular weight excluding hydrogens is 367 g/mol. The zero-order chi connectivity index (χ0) is 19.3. The Morgan fingerprint density at radius 3 is 2.48 bits per heavy atom. The van der Waals surface area contributed by atoms with Crippen LogP contribution in [0.4, 0.5) is 15.8 Å². The summed E-state index contributed by atoms with van der Waals surface area (Å²) in [6.07, 6.45) is 0.168. The maximum absolute atomic E-state index is 13.5. The molecule has 2 aliphatic rings. The average molecular weight is 384 g/mol. The van der Waals surface area contributed by atoms with E-state index in [-0.39, 0.29) is 18.2 Å². The number of carbonyl (C=O) groups excluding carboxylic acids is 3. The summed E-state index contributed by atoms with van der Waals surface area (Å²) in [6.45, 7) is 3.43. The van der Waals surface area contributed by atoms with E-state index in [1.54, 1.807) is 38.1 Å². The van der Waals surface area contributed by atoms with Crippen molar-refractivity contribution in [2.24, 2.45) is 0 Å². The molecule has 0 radical (unpaired) electrons. The molecule has 2 heterocycles. The highest BCUT2D eigenvalue weighted by molar-refractivity contribution is 8.03. The summed E-state index contributed by atoms with van der Waals surface area (Å²) in [6, 6.07) is 12.5. The van der Waals surface area contributed by atoms with Crippen LogP contribution in [-0.2, 0) is 19.3 Å². The summed E-state index contributed by atoms with van der Waals surface area (Å²) in [7, 11) is 0. The van der Waals surface area contributed by atoms with Gasteiger partial charge in [0.25, 0.3) is 5.91 Å². The maximum atomic E-state index is 13.5. The fourth-order valence-electron chi connectivity index (χ4n) is 3.66. The van der Waals surface area contributed by atoms with Gasteiger partial charge in [-0.15, -0.1) is 11.8 Å². The summed E-state index contributed by atoms with van der Waals surface area (Å²) in [5.41, 5.74) is 1.52. The lowest BCUT2D eigenvalue weighted by Crippen LogP contribution is -2.51. The first kappa shape index (κ1) is 17.7. The number of imide groups is 1. The number of nitrogens with zero attached hydrogens (tertiary/aromatic N) is 2. The molecule has 0 unspecified atom stereocenters. The Bertz CT molecular complexity index is 962. The van der Waals surface area contributed by atoms with Gasteiger partial charge in [0.2, 0.25) is 16.7 Å². The second-order valence-electron chi connectivity index (χ2n) is 6.46. The third-order valence-corrected chi connectivity index (χ3v) is 6.34. The zero-order valence-electron chi connectivity index (χ0n) is 14.8. The van der Waals surface area contributed by atoms with E-state index in [9.17, 15) is 18.8 Å². The third-order valence-electron chi connectivity index (χ3n) is 4.87. The van der Waals surface area contributed by atoms with Crippen LogP contribution in [0.15, 0.2) is 48.5 Å². The molecule has 2 aliphatic heterocycles. The Morgan fingerprint density at radius 1 is 1.15 bits per heavy atom. The van der Waals surface area contributed by atoms with E-state index >= 15 is 0 Å². The third kappa shape index (κ3) is 2.34. The topological polar surface area (TPSA) is 57.7 Å². The predicted octanol–water partition coefficient (Wildman–Crippen LogP) is 3.43. The smallest absolute Gasteiger partial charge is 0.275 e. The lowest BCUT2D eigenvalue weighted by atomic mass is 10.0. The van der Waals surface area contributed by atoms with Gasteiger partial charge in [0.05, 0.1) is 10.9 Å². The highest BCUT2D eigenvalue weighted by Gasteiger charge is 2.64. The average Bonchev–Trinajstić information content (AvgIpc) is 3.08. The number of carbonyl (C=O) groups is 3. The van der Waals surface area contributed by atoms with E-state index in [4.69, 9.17) is 0 Å². The summed E-state index contributed by atoms with van der Waals surface area (Å²) in [4.78, 5) is 40.3. The molecule has 1 fully saturated rings. The number of fused-ring (bicyclic) bond motifs is 2. The Hall–Kier alpha value is -2.67. The molecule has 27 heavy (non-hydrogen) atoms. The molecule has 1 saturated heterocycles. The quantitative estimate of drug-likeness (QED) is 0.796. The number of halogens is 1. The summed E-state index contributed by atoms with van der Waals surface area (Å²) < 4.78 is 13.4. The molecule has 2 aromatic carbocycles. The summed E-state index contributed by atoms with van der Waals surface area (Å²) in [5, 5.41) is -0.483. The molecule has 1 spiro atoms. The Morgan fingerprint density at radius 2 is 1.81 bits per heavy atom. The highest BCUT2D eigenvalue weighted by atomic mass is 32.2. The van der Waals surface area contributed by atoms with Gasteiger partial charge in [-0.2, -0.15) is 0 Å². The second-order valence-corrected chi connectivity index (χ2v) is 7.99. The van der Waals surface area contributed by atoms with Crippen LogP contribution in [0, 0.1) is 5.82 Å². The van der Waals surface area contributed by atoms with E-state index in [0.717, 1.165) is 0 Å². The largest absolute Gasteiger partial charge is 0.283 e. The molecule has 138 valence electrons. The standard InChI is InChI=1S/C20H17FN2O3S/c1-3-17(24)22-16-7-5-4-6-15(16)20(19(22)26)23(18(25)12(2)27-20)14-10-8-13(21)9-11-14/h4-12H,3H2,1-2H3/t12-,20-/m0/s1. The van der Waals surface area contributed by atoms with Crippen molar-refractivity contribution in [1.82, 2.24) is 0 Å². The van der Waals surface area contributed by atoms with E-state index in [0.29, 0.717) is 16.9 Å². The van der Waals surface area contributed by atoms with Crippen molar-refractivity contribution in [2.75, 3.05) is 9.80 Å². The molecule has 2 atom stereocenters. The second kappa shape index (κ2) is 6.20. The molecule has 3 amide bonds. The minimum atomic E-state index is -1.37. The van der Waals surface area contributed by atoms with Crippen LogP contribution >= 0.6 is 11.8 Å². The number of amides is 3. The molecule has 0 saturated carbocycles. The minimum Gasteiger partial charge on any atom is -0.283 e. The molecule has 0 N–H and O–H groups in total. The molecule has 0 bridgehead atoms. The predicted molar refractivity (Wildman–Crippen MR) is 102 cm³/mol. The Balaban J connectivity index is 1.96. The minimum absolute atomic E-state index is 0.168. The van der Waals surface area contributed by atoms with Crippen molar-refractivity contribution >= 4 is 40.9 Å². The van der Waals surface area contributed by atoms with Crippen molar-refractivity contribution in [1.29, 1.82) is 0 Å². The molecular formula is C20H17FN2O3S. The normalized spacial score (nSPS) is 24.0. The molecule has 0 aliphatic carbocycles. The lowest BCUT2D eigenvalue weighted by molar-refractivity contribution is -0.128. The monoisotopic (exact) mass is 384 g/mol. The van der Waals surface area contributed by atoms with Gasteiger partial charge in [0.1, 0.15) is 5.82 Å². The maximum Gasteiger partial charge on any atom is 0.275 e. The fraction of sp³-hybridized carbons (Fsp3) is 0.250. The van der Waals surface area contributed by atoms with Crippen molar-refractivity contribution in [3.8, 4) is 0 Å².